The van der Waals surface area contributed by atoms with Gasteiger partial charge in [0.1, 0.15) is 30.3 Å². The number of aromatic nitrogens is 3. The Hall–Kier alpha value is -3.94. The fourth-order valence-corrected chi connectivity index (χ4v) is 2.92. The predicted molar refractivity (Wildman–Crippen MR) is 112 cm³/mol. The Balaban J connectivity index is 1.31. The molecule has 2 aromatic carbocycles. The normalized spacial score (nSPS) is 10.8. The van der Waals surface area contributed by atoms with Gasteiger partial charge in [0.05, 0.1) is 6.54 Å². The number of aryl methyl sites for hydroxylation is 1. The molecule has 0 spiro atoms. The number of ether oxygens (including phenoxy) is 1. The Labute approximate surface area is 178 Å². The lowest BCUT2D eigenvalue weighted by Gasteiger charge is -2.05. The average molecular weight is 420 g/mol. The maximum absolute atomic E-state index is 13.0. The first-order valence-electron chi connectivity index (χ1n) is 9.85. The summed E-state index contributed by atoms with van der Waals surface area (Å²) >= 11 is 0. The lowest BCUT2D eigenvalue weighted by molar-refractivity contribution is 0.0991. The van der Waals surface area contributed by atoms with Crippen molar-refractivity contribution in [1.29, 1.82) is 0 Å². The molecule has 0 saturated carbocycles. The molecule has 0 fully saturated rings. The van der Waals surface area contributed by atoms with Crippen LogP contribution in [0.25, 0.3) is 0 Å². The topological polar surface area (TPSA) is 82.2 Å². The number of benzene rings is 2. The number of hydrogen-bond acceptors (Lipinski definition) is 5. The minimum atomic E-state index is -0.460. The Kier molecular flexibility index (Phi) is 6.07. The number of carbonyl (C=O) groups is 1. The lowest BCUT2D eigenvalue weighted by Crippen LogP contribution is -2.12. The molecule has 0 aliphatic carbocycles. The average Bonchev–Trinajstić information content (AvgIpc) is 3.44. The van der Waals surface area contributed by atoms with Gasteiger partial charge < -0.3 is 9.15 Å². The van der Waals surface area contributed by atoms with E-state index in [2.05, 4.69) is 22.3 Å². The number of halogens is 1. The van der Waals surface area contributed by atoms with Crippen LogP contribution in [0.2, 0.25) is 0 Å². The van der Waals surface area contributed by atoms with Crippen LogP contribution in [-0.4, -0.2) is 20.7 Å². The SMILES string of the molecule is CCc1ccc(OCc2ccc(C(=O)Nc3ncn(Cc4ccc(F)cc4)n3)o2)cc1. The second-order valence-corrected chi connectivity index (χ2v) is 6.90. The molecule has 0 saturated heterocycles. The summed E-state index contributed by atoms with van der Waals surface area (Å²) in [6.45, 7) is 2.71. The molecule has 0 unspecified atom stereocenters. The summed E-state index contributed by atoms with van der Waals surface area (Å²) in [6, 6.07) is 17.2. The lowest BCUT2D eigenvalue weighted by atomic mass is 10.2. The van der Waals surface area contributed by atoms with Gasteiger partial charge in [-0.1, -0.05) is 31.2 Å². The molecule has 0 aliphatic rings. The molecule has 0 bridgehead atoms. The van der Waals surface area contributed by atoms with Crippen LogP contribution in [0.5, 0.6) is 5.75 Å². The zero-order valence-electron chi connectivity index (χ0n) is 16.9. The Morgan fingerprint density at radius 3 is 2.55 bits per heavy atom. The first-order chi connectivity index (χ1) is 15.1. The monoisotopic (exact) mass is 420 g/mol. The summed E-state index contributed by atoms with van der Waals surface area (Å²) < 4.78 is 25.8. The number of nitrogens with zero attached hydrogens (tertiary/aromatic N) is 3. The number of carbonyl (C=O) groups excluding carboxylic acids is 1. The van der Waals surface area contributed by atoms with E-state index in [4.69, 9.17) is 9.15 Å². The van der Waals surface area contributed by atoms with Crippen molar-refractivity contribution in [3.63, 3.8) is 0 Å². The molecular formula is C23H21FN4O3. The van der Waals surface area contributed by atoms with Gasteiger partial charge in [-0.05, 0) is 53.9 Å². The van der Waals surface area contributed by atoms with E-state index in [1.807, 2.05) is 24.3 Å². The van der Waals surface area contributed by atoms with Crippen molar-refractivity contribution in [1.82, 2.24) is 14.8 Å². The third-order valence-corrected chi connectivity index (χ3v) is 4.62. The zero-order valence-corrected chi connectivity index (χ0v) is 16.9. The number of hydrogen-bond donors (Lipinski definition) is 1. The molecule has 0 atom stereocenters. The molecule has 31 heavy (non-hydrogen) atoms. The van der Waals surface area contributed by atoms with Gasteiger partial charge >= 0.3 is 0 Å². The molecule has 4 aromatic rings. The number of anilines is 1. The van der Waals surface area contributed by atoms with Gasteiger partial charge in [0.2, 0.25) is 5.95 Å². The number of rotatable bonds is 8. The summed E-state index contributed by atoms with van der Waals surface area (Å²) in [7, 11) is 0. The first-order valence-corrected chi connectivity index (χ1v) is 9.85. The highest BCUT2D eigenvalue weighted by molar-refractivity contribution is 6.01. The van der Waals surface area contributed by atoms with Crippen molar-refractivity contribution in [3.05, 3.63) is 95.5 Å². The van der Waals surface area contributed by atoms with Crippen molar-refractivity contribution in [2.24, 2.45) is 0 Å². The molecule has 2 heterocycles. The number of furan rings is 1. The third-order valence-electron chi connectivity index (χ3n) is 4.62. The van der Waals surface area contributed by atoms with Gasteiger partial charge in [-0.2, -0.15) is 0 Å². The highest BCUT2D eigenvalue weighted by Crippen LogP contribution is 2.16. The molecule has 0 aliphatic heterocycles. The number of nitrogens with one attached hydrogen (secondary N) is 1. The molecule has 4 rings (SSSR count). The van der Waals surface area contributed by atoms with Crippen molar-refractivity contribution in [2.75, 3.05) is 5.32 Å². The van der Waals surface area contributed by atoms with E-state index in [0.717, 1.165) is 17.7 Å². The van der Waals surface area contributed by atoms with Crippen LogP contribution in [0.1, 0.15) is 34.4 Å². The third kappa shape index (κ3) is 5.36. The minimum absolute atomic E-state index is 0.134. The van der Waals surface area contributed by atoms with Crippen LogP contribution in [0, 0.1) is 5.82 Å². The van der Waals surface area contributed by atoms with Crippen molar-refractivity contribution < 1.29 is 18.3 Å². The van der Waals surface area contributed by atoms with Crippen LogP contribution < -0.4 is 10.1 Å². The van der Waals surface area contributed by atoms with Crippen LogP contribution >= 0.6 is 0 Å². The maximum Gasteiger partial charge on any atom is 0.293 e. The van der Waals surface area contributed by atoms with Crippen molar-refractivity contribution >= 4 is 11.9 Å². The van der Waals surface area contributed by atoms with E-state index in [-0.39, 0.29) is 24.1 Å². The molecule has 0 radical (unpaired) electrons. The highest BCUT2D eigenvalue weighted by atomic mass is 19.1. The van der Waals surface area contributed by atoms with E-state index in [1.165, 1.54) is 24.0 Å². The quantitative estimate of drug-likeness (QED) is 0.455. The van der Waals surface area contributed by atoms with Gasteiger partial charge in [0.15, 0.2) is 5.76 Å². The van der Waals surface area contributed by atoms with Crippen molar-refractivity contribution in [2.45, 2.75) is 26.5 Å². The van der Waals surface area contributed by atoms with Gasteiger partial charge in [-0.15, -0.1) is 5.10 Å². The van der Waals surface area contributed by atoms with Crippen LogP contribution in [0.4, 0.5) is 10.3 Å². The summed E-state index contributed by atoms with van der Waals surface area (Å²) in [5, 5.41) is 6.80. The Bertz CT molecular complexity index is 1150. The maximum atomic E-state index is 13.0. The fraction of sp³-hybridized carbons (Fsp3) is 0.174. The minimum Gasteiger partial charge on any atom is -0.486 e. The van der Waals surface area contributed by atoms with E-state index in [9.17, 15) is 9.18 Å². The van der Waals surface area contributed by atoms with Gasteiger partial charge in [-0.25, -0.2) is 14.1 Å². The molecular weight excluding hydrogens is 399 g/mol. The largest absolute Gasteiger partial charge is 0.486 e. The fourth-order valence-electron chi connectivity index (χ4n) is 2.92. The Morgan fingerprint density at radius 1 is 1.06 bits per heavy atom. The van der Waals surface area contributed by atoms with Gasteiger partial charge in [0.25, 0.3) is 5.91 Å². The van der Waals surface area contributed by atoms with E-state index in [1.54, 1.807) is 28.9 Å². The molecule has 1 amide bonds. The molecule has 8 heteroatoms. The molecule has 7 nitrogen and oxygen atoms in total. The summed E-state index contributed by atoms with van der Waals surface area (Å²) in [5.41, 5.74) is 2.10. The zero-order chi connectivity index (χ0) is 21.6. The molecule has 1 N–H and O–H groups in total. The van der Waals surface area contributed by atoms with E-state index >= 15 is 0 Å². The summed E-state index contributed by atoms with van der Waals surface area (Å²) in [6.07, 6.45) is 2.46. The van der Waals surface area contributed by atoms with Crippen LogP contribution in [-0.2, 0) is 19.6 Å². The summed E-state index contributed by atoms with van der Waals surface area (Å²) in [4.78, 5) is 16.5. The Morgan fingerprint density at radius 2 is 1.81 bits per heavy atom. The van der Waals surface area contributed by atoms with E-state index < -0.39 is 5.91 Å². The molecule has 2 aromatic heterocycles. The van der Waals surface area contributed by atoms with Gasteiger partial charge in [0, 0.05) is 0 Å². The van der Waals surface area contributed by atoms with Crippen LogP contribution in [0.15, 0.2) is 71.4 Å². The first kappa shape index (κ1) is 20.3. The second kappa shape index (κ2) is 9.25. The smallest absolute Gasteiger partial charge is 0.293 e. The van der Waals surface area contributed by atoms with Crippen LogP contribution in [0.3, 0.4) is 0 Å². The van der Waals surface area contributed by atoms with Crippen molar-refractivity contribution in [3.8, 4) is 5.75 Å². The predicted octanol–water partition coefficient (Wildman–Crippen LogP) is 4.45. The summed E-state index contributed by atoms with van der Waals surface area (Å²) in [5.74, 6) is 0.785. The van der Waals surface area contributed by atoms with E-state index in [0.29, 0.717) is 12.3 Å². The molecule has 158 valence electrons. The standard InChI is InChI=1S/C23H21FN4O3/c1-2-16-5-9-19(10-6-16)30-14-20-11-12-21(31-20)22(29)26-23-25-15-28(27-23)13-17-3-7-18(24)8-4-17/h3-12,15H,2,13-14H2,1H3,(H,26,27,29). The number of amides is 1. The highest BCUT2D eigenvalue weighted by Gasteiger charge is 2.14. The second-order valence-electron chi connectivity index (χ2n) is 6.90. The van der Waals surface area contributed by atoms with Gasteiger partial charge in [-0.3, -0.25) is 10.1 Å².